The highest BCUT2D eigenvalue weighted by Gasteiger charge is 2.63. The molecule has 4 rings (SSSR count). The van der Waals surface area contributed by atoms with Gasteiger partial charge in [-0.2, -0.15) is 0 Å². The molecule has 0 aromatic heterocycles. The molecule has 178 valence electrons. The van der Waals surface area contributed by atoms with Crippen molar-refractivity contribution >= 4 is 5.91 Å². The van der Waals surface area contributed by atoms with E-state index in [1.165, 1.54) is 25.7 Å². The smallest absolute Gasteiger partial charge is 0.220 e. The van der Waals surface area contributed by atoms with E-state index >= 15 is 0 Å². The Morgan fingerprint density at radius 1 is 1.00 bits per heavy atom. The van der Waals surface area contributed by atoms with Crippen LogP contribution in [-0.2, 0) is 4.79 Å². The second-order valence-electron chi connectivity index (χ2n) is 12.6. The summed E-state index contributed by atoms with van der Waals surface area (Å²) in [5.41, 5.74) is 0.287. The zero-order chi connectivity index (χ0) is 22.6. The molecule has 4 saturated carbocycles. The molecular formula is C27H47NO3. The van der Waals surface area contributed by atoms with Crippen molar-refractivity contribution < 1.29 is 15.0 Å². The second kappa shape index (κ2) is 8.63. The van der Waals surface area contributed by atoms with Gasteiger partial charge >= 0.3 is 0 Å². The van der Waals surface area contributed by atoms with Gasteiger partial charge in [0.25, 0.3) is 0 Å². The van der Waals surface area contributed by atoms with Crippen LogP contribution in [0.3, 0.4) is 0 Å². The van der Waals surface area contributed by atoms with Crippen molar-refractivity contribution in [2.75, 3.05) is 0 Å². The predicted molar refractivity (Wildman–Crippen MR) is 124 cm³/mol. The fraction of sp³-hybridized carbons (Fsp3) is 0.963. The number of aliphatic hydroxyl groups excluding tert-OH is 2. The summed E-state index contributed by atoms with van der Waals surface area (Å²) in [7, 11) is 0. The molecule has 0 aromatic rings. The minimum atomic E-state index is -0.236. The molecule has 0 aromatic carbocycles. The number of aliphatic hydroxyl groups is 2. The van der Waals surface area contributed by atoms with Crippen molar-refractivity contribution in [1.82, 2.24) is 5.32 Å². The van der Waals surface area contributed by atoms with Crippen LogP contribution in [0.4, 0.5) is 0 Å². The predicted octanol–water partition coefficient (Wildman–Crippen LogP) is 4.92. The summed E-state index contributed by atoms with van der Waals surface area (Å²) in [5, 5.41) is 24.9. The van der Waals surface area contributed by atoms with E-state index in [0.717, 1.165) is 38.0 Å². The first-order chi connectivity index (χ1) is 14.6. The van der Waals surface area contributed by atoms with Crippen molar-refractivity contribution in [2.24, 2.45) is 46.3 Å². The summed E-state index contributed by atoms with van der Waals surface area (Å²) in [5.74, 6) is 3.72. The molecule has 0 radical (unpaired) electrons. The number of amides is 1. The van der Waals surface area contributed by atoms with Gasteiger partial charge in [0.2, 0.25) is 5.91 Å². The molecule has 0 heterocycles. The van der Waals surface area contributed by atoms with E-state index in [1.807, 2.05) is 13.8 Å². The fourth-order valence-electron chi connectivity index (χ4n) is 9.11. The Morgan fingerprint density at radius 2 is 1.74 bits per heavy atom. The molecule has 0 aliphatic heterocycles. The third-order valence-electron chi connectivity index (χ3n) is 10.8. The largest absolute Gasteiger partial charge is 0.393 e. The standard InChI is InChI=1S/C27H47NO3/c1-16(2)28-25(31)11-6-17(3)21-9-10-22-20-8-7-18-14-19(29)12-13-26(18,4)23(20)15-24(30)27(21,22)5/h16-24,29-30H,6-15H2,1-5H3,(H,28,31)/t17-,18?,19-,20?,21?,22?,23?,24+,26+,27-/m1/s1. The van der Waals surface area contributed by atoms with E-state index in [9.17, 15) is 15.0 Å². The fourth-order valence-corrected chi connectivity index (χ4v) is 9.11. The number of hydrogen-bond acceptors (Lipinski definition) is 3. The van der Waals surface area contributed by atoms with Gasteiger partial charge in [-0.3, -0.25) is 4.79 Å². The van der Waals surface area contributed by atoms with Gasteiger partial charge in [-0.1, -0.05) is 20.8 Å². The first-order valence-corrected chi connectivity index (χ1v) is 13.2. The third-order valence-corrected chi connectivity index (χ3v) is 10.8. The van der Waals surface area contributed by atoms with Crippen LogP contribution in [0, 0.1) is 46.3 Å². The maximum atomic E-state index is 12.2. The van der Waals surface area contributed by atoms with Gasteiger partial charge < -0.3 is 15.5 Å². The van der Waals surface area contributed by atoms with E-state index in [0.29, 0.717) is 41.4 Å². The zero-order valence-corrected chi connectivity index (χ0v) is 20.6. The topological polar surface area (TPSA) is 69.6 Å². The summed E-state index contributed by atoms with van der Waals surface area (Å²) in [4.78, 5) is 12.2. The van der Waals surface area contributed by atoms with E-state index in [-0.39, 0.29) is 29.6 Å². The quantitative estimate of drug-likeness (QED) is 0.576. The molecule has 4 aliphatic rings. The van der Waals surface area contributed by atoms with Gasteiger partial charge in [0.05, 0.1) is 12.2 Å². The Morgan fingerprint density at radius 3 is 2.45 bits per heavy atom. The van der Waals surface area contributed by atoms with Gasteiger partial charge in [-0.05, 0) is 118 Å². The maximum absolute atomic E-state index is 12.2. The van der Waals surface area contributed by atoms with Crippen LogP contribution in [0.15, 0.2) is 0 Å². The summed E-state index contributed by atoms with van der Waals surface area (Å²) in [6, 6.07) is 0.200. The van der Waals surface area contributed by atoms with Gasteiger partial charge in [0, 0.05) is 12.5 Å². The van der Waals surface area contributed by atoms with Gasteiger partial charge in [0.1, 0.15) is 0 Å². The zero-order valence-electron chi connectivity index (χ0n) is 20.6. The molecule has 0 saturated heterocycles. The molecule has 10 atom stereocenters. The van der Waals surface area contributed by atoms with Crippen molar-refractivity contribution in [3.05, 3.63) is 0 Å². The average Bonchev–Trinajstić information content (AvgIpc) is 3.06. The normalized spacial score (nSPS) is 47.9. The summed E-state index contributed by atoms with van der Waals surface area (Å²) in [6.07, 6.45) is 10.1. The SMILES string of the molecule is CC(C)NC(=O)CC[C@@H](C)C1CCC2C3CCC4C[C@H](O)CC[C@]4(C)C3C[C@H](O)[C@@]21C. The van der Waals surface area contributed by atoms with Crippen molar-refractivity contribution in [3.8, 4) is 0 Å². The molecule has 4 aliphatic carbocycles. The first kappa shape index (κ1) is 23.5. The molecule has 3 N–H and O–H groups in total. The number of carbonyl (C=O) groups excluding carboxylic acids is 1. The van der Waals surface area contributed by atoms with Crippen LogP contribution in [0.25, 0.3) is 0 Å². The highest BCUT2D eigenvalue weighted by atomic mass is 16.3. The van der Waals surface area contributed by atoms with Crippen molar-refractivity contribution in [2.45, 2.75) is 117 Å². The lowest BCUT2D eigenvalue weighted by atomic mass is 9.43. The lowest BCUT2D eigenvalue weighted by Gasteiger charge is -2.62. The van der Waals surface area contributed by atoms with E-state index < -0.39 is 0 Å². The number of nitrogens with one attached hydrogen (secondary N) is 1. The lowest BCUT2D eigenvalue weighted by molar-refractivity contribution is -0.174. The summed E-state index contributed by atoms with van der Waals surface area (Å²) < 4.78 is 0. The number of fused-ring (bicyclic) bond motifs is 5. The van der Waals surface area contributed by atoms with E-state index in [2.05, 4.69) is 26.1 Å². The Bertz CT molecular complexity index is 665. The molecule has 31 heavy (non-hydrogen) atoms. The van der Waals surface area contributed by atoms with Gasteiger partial charge in [-0.15, -0.1) is 0 Å². The second-order valence-corrected chi connectivity index (χ2v) is 12.6. The van der Waals surface area contributed by atoms with Crippen LogP contribution in [-0.4, -0.2) is 34.4 Å². The van der Waals surface area contributed by atoms with Crippen LogP contribution in [0.2, 0.25) is 0 Å². The Hall–Kier alpha value is -0.610. The minimum Gasteiger partial charge on any atom is -0.393 e. The van der Waals surface area contributed by atoms with E-state index in [1.54, 1.807) is 0 Å². The molecule has 0 spiro atoms. The Kier molecular flexibility index (Phi) is 6.55. The first-order valence-electron chi connectivity index (χ1n) is 13.2. The van der Waals surface area contributed by atoms with Crippen molar-refractivity contribution in [3.63, 3.8) is 0 Å². The summed E-state index contributed by atoms with van der Waals surface area (Å²) >= 11 is 0. The molecule has 5 unspecified atom stereocenters. The summed E-state index contributed by atoms with van der Waals surface area (Å²) in [6.45, 7) is 11.2. The highest BCUT2D eigenvalue weighted by molar-refractivity contribution is 5.76. The van der Waals surface area contributed by atoms with Crippen LogP contribution < -0.4 is 5.32 Å². The van der Waals surface area contributed by atoms with Crippen LogP contribution in [0.1, 0.15) is 98.8 Å². The molecule has 4 nitrogen and oxygen atoms in total. The van der Waals surface area contributed by atoms with Gasteiger partial charge in [-0.25, -0.2) is 0 Å². The Balaban J connectivity index is 1.48. The van der Waals surface area contributed by atoms with Crippen molar-refractivity contribution in [1.29, 1.82) is 0 Å². The average molecular weight is 434 g/mol. The maximum Gasteiger partial charge on any atom is 0.220 e. The number of carbonyl (C=O) groups is 1. The molecule has 4 heteroatoms. The molecule has 4 fully saturated rings. The number of hydrogen-bond donors (Lipinski definition) is 3. The molecular weight excluding hydrogens is 386 g/mol. The highest BCUT2D eigenvalue weighted by Crippen LogP contribution is 2.68. The van der Waals surface area contributed by atoms with Gasteiger partial charge in [0.15, 0.2) is 0 Å². The Labute approximate surface area is 190 Å². The number of rotatable bonds is 5. The third kappa shape index (κ3) is 3.98. The van der Waals surface area contributed by atoms with Crippen LogP contribution in [0.5, 0.6) is 0 Å². The van der Waals surface area contributed by atoms with E-state index in [4.69, 9.17) is 0 Å². The monoisotopic (exact) mass is 433 g/mol. The van der Waals surface area contributed by atoms with Crippen LogP contribution >= 0.6 is 0 Å². The molecule has 0 bridgehead atoms. The molecule has 1 amide bonds. The minimum absolute atomic E-state index is 0.00746. The lowest BCUT2D eigenvalue weighted by Crippen LogP contribution is -2.58.